The van der Waals surface area contributed by atoms with Gasteiger partial charge in [-0.1, -0.05) is 33.6 Å². The topological polar surface area (TPSA) is 52.4 Å². The van der Waals surface area contributed by atoms with Crippen LogP contribution in [0.2, 0.25) is 5.02 Å². The van der Waals surface area contributed by atoms with Gasteiger partial charge in [0, 0.05) is 17.5 Å². The SMILES string of the molecule is O=[N+]([O-])c1cc(Br)c(Oc2ccc(CBr)cc2Cl)c(Br)c1. The average molecular weight is 500 g/mol. The molecule has 110 valence electrons. The number of halogens is 4. The number of nitrogens with zero attached hydrogens (tertiary/aromatic N) is 1. The fourth-order valence-electron chi connectivity index (χ4n) is 1.57. The lowest BCUT2D eigenvalue weighted by Crippen LogP contribution is -1.92. The monoisotopic (exact) mass is 497 g/mol. The third-order valence-electron chi connectivity index (χ3n) is 2.56. The van der Waals surface area contributed by atoms with Crippen LogP contribution in [0, 0.1) is 10.1 Å². The first-order valence-electron chi connectivity index (χ1n) is 5.58. The third-order valence-corrected chi connectivity index (χ3v) is 4.68. The number of non-ortho nitro benzene ring substituents is 1. The van der Waals surface area contributed by atoms with Gasteiger partial charge in [-0.15, -0.1) is 0 Å². The first-order chi connectivity index (χ1) is 9.92. The molecule has 0 amide bonds. The molecule has 2 rings (SSSR count). The summed E-state index contributed by atoms with van der Waals surface area (Å²) in [4.78, 5) is 10.3. The highest BCUT2D eigenvalue weighted by atomic mass is 79.9. The van der Waals surface area contributed by atoms with Crippen LogP contribution in [-0.2, 0) is 5.33 Å². The molecule has 0 aliphatic heterocycles. The van der Waals surface area contributed by atoms with Crippen LogP contribution in [0.25, 0.3) is 0 Å². The van der Waals surface area contributed by atoms with Crippen molar-refractivity contribution in [2.24, 2.45) is 0 Å². The van der Waals surface area contributed by atoms with Gasteiger partial charge in [0.05, 0.1) is 18.9 Å². The molecule has 0 N–H and O–H groups in total. The molecule has 2 aromatic carbocycles. The van der Waals surface area contributed by atoms with Crippen molar-refractivity contribution in [3.63, 3.8) is 0 Å². The normalized spacial score (nSPS) is 10.5. The van der Waals surface area contributed by atoms with E-state index in [0.29, 0.717) is 30.8 Å². The lowest BCUT2D eigenvalue weighted by molar-refractivity contribution is -0.385. The van der Waals surface area contributed by atoms with E-state index in [1.165, 1.54) is 12.1 Å². The zero-order chi connectivity index (χ0) is 15.6. The lowest BCUT2D eigenvalue weighted by Gasteiger charge is -2.11. The van der Waals surface area contributed by atoms with Crippen LogP contribution in [0.1, 0.15) is 5.56 Å². The number of hydrogen-bond donors (Lipinski definition) is 0. The largest absolute Gasteiger partial charge is 0.453 e. The van der Waals surface area contributed by atoms with Crippen LogP contribution in [0.4, 0.5) is 5.69 Å². The molecule has 0 bridgehead atoms. The number of rotatable bonds is 4. The zero-order valence-corrected chi connectivity index (χ0v) is 15.8. The van der Waals surface area contributed by atoms with Gasteiger partial charge in [-0.25, -0.2) is 0 Å². The van der Waals surface area contributed by atoms with Crippen LogP contribution >= 0.6 is 59.4 Å². The molecule has 2 aromatic rings. The maximum absolute atomic E-state index is 10.8. The van der Waals surface area contributed by atoms with Crippen LogP contribution in [-0.4, -0.2) is 4.92 Å². The summed E-state index contributed by atoms with van der Waals surface area (Å²) in [7, 11) is 0. The van der Waals surface area contributed by atoms with E-state index in [1.807, 2.05) is 6.07 Å². The van der Waals surface area contributed by atoms with Crippen LogP contribution in [0.15, 0.2) is 39.3 Å². The zero-order valence-electron chi connectivity index (χ0n) is 10.3. The van der Waals surface area contributed by atoms with E-state index in [4.69, 9.17) is 16.3 Å². The molecule has 0 aliphatic carbocycles. The minimum absolute atomic E-state index is 0.0400. The Bertz CT molecular complexity index is 686. The molecule has 0 heterocycles. The summed E-state index contributed by atoms with van der Waals surface area (Å²) in [6, 6.07) is 8.17. The van der Waals surface area contributed by atoms with E-state index in [9.17, 15) is 10.1 Å². The van der Waals surface area contributed by atoms with Gasteiger partial charge in [0.1, 0.15) is 5.75 Å². The van der Waals surface area contributed by atoms with E-state index in [0.717, 1.165) is 5.56 Å². The number of hydrogen-bond acceptors (Lipinski definition) is 3. The van der Waals surface area contributed by atoms with Crippen LogP contribution in [0.5, 0.6) is 11.5 Å². The van der Waals surface area contributed by atoms with E-state index in [1.54, 1.807) is 12.1 Å². The molecule has 0 aromatic heterocycles. The number of ether oxygens (including phenoxy) is 1. The van der Waals surface area contributed by atoms with Gasteiger partial charge in [-0.05, 0) is 49.6 Å². The molecule has 21 heavy (non-hydrogen) atoms. The Labute approximate surface area is 151 Å². The highest BCUT2D eigenvalue weighted by Crippen LogP contribution is 2.41. The van der Waals surface area contributed by atoms with Gasteiger partial charge in [-0.3, -0.25) is 10.1 Å². The Hall–Kier alpha value is -0.630. The predicted octanol–water partition coefficient (Wildman–Crippen LogP) is 6.46. The molecule has 0 aliphatic rings. The van der Waals surface area contributed by atoms with Gasteiger partial charge < -0.3 is 4.74 Å². The molecule has 4 nitrogen and oxygen atoms in total. The van der Waals surface area contributed by atoms with E-state index >= 15 is 0 Å². The lowest BCUT2D eigenvalue weighted by atomic mass is 10.2. The van der Waals surface area contributed by atoms with Gasteiger partial charge in [0.15, 0.2) is 5.75 Å². The minimum atomic E-state index is -0.475. The average Bonchev–Trinajstić information content (AvgIpc) is 2.43. The maximum atomic E-state index is 10.8. The quantitative estimate of drug-likeness (QED) is 0.275. The molecule has 0 atom stereocenters. The highest BCUT2D eigenvalue weighted by molar-refractivity contribution is 9.11. The summed E-state index contributed by atoms with van der Waals surface area (Å²) in [6.45, 7) is 0. The number of nitro benzene ring substituents is 1. The Balaban J connectivity index is 2.38. The van der Waals surface area contributed by atoms with Crippen molar-refractivity contribution in [2.45, 2.75) is 5.33 Å². The number of alkyl halides is 1. The second-order valence-electron chi connectivity index (χ2n) is 4.00. The second-order valence-corrected chi connectivity index (χ2v) is 6.67. The molecular weight excluding hydrogens is 493 g/mol. The summed E-state index contributed by atoms with van der Waals surface area (Å²) in [6.07, 6.45) is 0. The molecule has 0 radical (unpaired) electrons. The fraction of sp³-hybridized carbons (Fsp3) is 0.0769. The standard InChI is InChI=1S/C13H7Br3ClNO3/c14-6-7-1-2-12(11(17)3-7)21-13-9(15)4-8(18(19)20)5-10(13)16/h1-5H,6H2. The first kappa shape index (κ1) is 16.7. The van der Waals surface area contributed by atoms with Crippen molar-refractivity contribution in [1.29, 1.82) is 0 Å². The first-order valence-corrected chi connectivity index (χ1v) is 8.66. The maximum Gasteiger partial charge on any atom is 0.271 e. The van der Waals surface area contributed by atoms with Crippen LogP contribution in [0.3, 0.4) is 0 Å². The van der Waals surface area contributed by atoms with Gasteiger partial charge in [0.2, 0.25) is 0 Å². The Morgan fingerprint density at radius 3 is 2.29 bits per heavy atom. The molecule has 0 saturated heterocycles. The Kier molecular flexibility index (Phi) is 5.65. The fourth-order valence-corrected chi connectivity index (χ4v) is 3.48. The van der Waals surface area contributed by atoms with E-state index < -0.39 is 4.92 Å². The molecular formula is C13H7Br3ClNO3. The number of benzene rings is 2. The summed E-state index contributed by atoms with van der Waals surface area (Å²) < 4.78 is 6.67. The van der Waals surface area contributed by atoms with E-state index in [2.05, 4.69) is 47.8 Å². The molecule has 0 unspecified atom stereocenters. The smallest absolute Gasteiger partial charge is 0.271 e. The van der Waals surface area contributed by atoms with Crippen molar-refractivity contribution >= 4 is 65.1 Å². The van der Waals surface area contributed by atoms with Crippen molar-refractivity contribution in [2.75, 3.05) is 0 Å². The van der Waals surface area contributed by atoms with Crippen molar-refractivity contribution in [1.82, 2.24) is 0 Å². The van der Waals surface area contributed by atoms with Crippen molar-refractivity contribution in [3.8, 4) is 11.5 Å². The third kappa shape index (κ3) is 3.97. The highest BCUT2D eigenvalue weighted by Gasteiger charge is 2.16. The van der Waals surface area contributed by atoms with Gasteiger partial charge in [-0.2, -0.15) is 0 Å². The summed E-state index contributed by atoms with van der Waals surface area (Å²) in [5.74, 6) is 0.894. The summed E-state index contributed by atoms with van der Waals surface area (Å²) in [5.41, 5.74) is 0.982. The summed E-state index contributed by atoms with van der Waals surface area (Å²) in [5, 5.41) is 12.0. The van der Waals surface area contributed by atoms with Gasteiger partial charge >= 0.3 is 0 Å². The van der Waals surface area contributed by atoms with Gasteiger partial charge in [0.25, 0.3) is 5.69 Å². The second kappa shape index (κ2) is 7.09. The summed E-state index contributed by atoms with van der Waals surface area (Å²) >= 11 is 16.0. The molecule has 0 spiro atoms. The Morgan fingerprint density at radius 2 is 1.81 bits per heavy atom. The van der Waals surface area contributed by atoms with Crippen LogP contribution < -0.4 is 4.74 Å². The molecule has 0 saturated carbocycles. The van der Waals surface area contributed by atoms with E-state index in [-0.39, 0.29) is 5.69 Å². The molecule has 0 fully saturated rings. The predicted molar refractivity (Wildman–Crippen MR) is 92.7 cm³/mol. The van der Waals surface area contributed by atoms with Crippen molar-refractivity contribution < 1.29 is 9.66 Å². The number of nitro groups is 1. The molecule has 8 heteroatoms. The minimum Gasteiger partial charge on any atom is -0.453 e. The van der Waals surface area contributed by atoms with Crippen molar-refractivity contribution in [3.05, 3.63) is 60.0 Å². The Morgan fingerprint density at radius 1 is 1.19 bits per heavy atom.